The Morgan fingerprint density at radius 2 is 1.93 bits per heavy atom. The van der Waals surface area contributed by atoms with Crippen molar-refractivity contribution in [3.8, 4) is 0 Å². The van der Waals surface area contributed by atoms with Gasteiger partial charge in [-0.15, -0.1) is 0 Å². The topological polar surface area (TPSA) is 96.6 Å². The molecule has 1 saturated heterocycles. The van der Waals surface area contributed by atoms with Crippen LogP contribution in [0.15, 0.2) is 33.7 Å². The zero-order valence-electron chi connectivity index (χ0n) is 15.8. The van der Waals surface area contributed by atoms with Gasteiger partial charge in [0.1, 0.15) is 6.04 Å². The van der Waals surface area contributed by atoms with E-state index in [1.807, 2.05) is 19.1 Å². The molecule has 9 heteroatoms. The molecule has 1 unspecified atom stereocenters. The first-order valence-corrected chi connectivity index (χ1v) is 10.4. The molecule has 0 N–H and O–H groups in total. The van der Waals surface area contributed by atoms with E-state index in [4.69, 9.17) is 4.52 Å². The zero-order valence-corrected chi connectivity index (χ0v) is 16.6. The van der Waals surface area contributed by atoms with Gasteiger partial charge >= 0.3 is 0 Å². The van der Waals surface area contributed by atoms with Gasteiger partial charge in [-0.1, -0.05) is 24.2 Å². The number of hydrogen-bond donors (Lipinski definition) is 0. The predicted molar refractivity (Wildman–Crippen MR) is 98.4 cm³/mol. The van der Waals surface area contributed by atoms with Crippen molar-refractivity contribution in [1.29, 1.82) is 0 Å². The molecular weight excluding hydrogens is 368 g/mol. The van der Waals surface area contributed by atoms with Crippen LogP contribution < -0.4 is 0 Å². The van der Waals surface area contributed by atoms with E-state index in [9.17, 15) is 13.2 Å². The van der Waals surface area contributed by atoms with Crippen molar-refractivity contribution in [3.05, 3.63) is 41.5 Å². The van der Waals surface area contributed by atoms with Crippen LogP contribution in [0.5, 0.6) is 0 Å². The van der Waals surface area contributed by atoms with Crippen LogP contribution in [0.4, 0.5) is 0 Å². The van der Waals surface area contributed by atoms with Gasteiger partial charge in [-0.25, -0.2) is 8.42 Å². The Balaban J connectivity index is 1.85. The largest absolute Gasteiger partial charge is 0.337 e. The first kappa shape index (κ1) is 19.5. The van der Waals surface area contributed by atoms with Gasteiger partial charge in [0.05, 0.1) is 4.90 Å². The lowest BCUT2D eigenvalue weighted by Crippen LogP contribution is -2.37. The van der Waals surface area contributed by atoms with Gasteiger partial charge in [0.25, 0.3) is 0 Å². The minimum Gasteiger partial charge on any atom is -0.337 e. The van der Waals surface area contributed by atoms with Gasteiger partial charge in [0, 0.05) is 26.6 Å². The predicted octanol–water partition coefficient (Wildman–Crippen LogP) is 1.92. The second-order valence-corrected chi connectivity index (χ2v) is 8.54. The van der Waals surface area contributed by atoms with E-state index in [1.165, 1.54) is 11.2 Å². The highest BCUT2D eigenvalue weighted by Gasteiger charge is 2.35. The molecule has 1 fully saturated rings. The molecule has 0 saturated carbocycles. The summed E-state index contributed by atoms with van der Waals surface area (Å²) < 4.78 is 32.7. The van der Waals surface area contributed by atoms with E-state index in [-0.39, 0.29) is 30.4 Å². The number of aromatic nitrogens is 2. The summed E-state index contributed by atoms with van der Waals surface area (Å²) >= 11 is 0. The van der Waals surface area contributed by atoms with Crippen molar-refractivity contribution in [2.24, 2.45) is 0 Å². The van der Waals surface area contributed by atoms with Crippen LogP contribution in [-0.2, 0) is 21.2 Å². The number of carbonyl (C=O) groups excluding carboxylic acids is 1. The van der Waals surface area contributed by atoms with Gasteiger partial charge in [0.2, 0.25) is 21.8 Å². The second-order valence-electron chi connectivity index (χ2n) is 6.60. The molecule has 1 aliphatic rings. The maximum Gasteiger partial charge on any atom is 0.249 e. The summed E-state index contributed by atoms with van der Waals surface area (Å²) in [6.07, 6.45) is 1.25. The summed E-state index contributed by atoms with van der Waals surface area (Å²) in [6, 6.07) is 6.51. The van der Waals surface area contributed by atoms with Gasteiger partial charge in [-0.05, 0) is 37.5 Å². The van der Waals surface area contributed by atoms with Crippen LogP contribution in [0.1, 0.15) is 43.6 Å². The van der Waals surface area contributed by atoms with Crippen molar-refractivity contribution in [2.45, 2.75) is 44.6 Å². The molecule has 2 heterocycles. The highest BCUT2D eigenvalue weighted by molar-refractivity contribution is 7.89. The maximum atomic E-state index is 13.0. The molecular formula is C18H24N4O4S. The molecule has 1 aromatic heterocycles. The lowest BCUT2D eigenvalue weighted by Gasteiger charge is -2.25. The summed E-state index contributed by atoms with van der Waals surface area (Å²) in [7, 11) is -3.63. The fourth-order valence-electron chi connectivity index (χ4n) is 3.28. The second kappa shape index (κ2) is 7.77. The molecule has 0 radical (unpaired) electrons. The summed E-state index contributed by atoms with van der Waals surface area (Å²) in [5.74, 6) is 0.676. The van der Waals surface area contributed by atoms with E-state index < -0.39 is 16.1 Å². The summed E-state index contributed by atoms with van der Waals surface area (Å²) in [5.41, 5.74) is 1.08. The van der Waals surface area contributed by atoms with Crippen LogP contribution in [0.25, 0.3) is 0 Å². The third-order valence-electron chi connectivity index (χ3n) is 4.82. The Hall–Kier alpha value is -2.26. The smallest absolute Gasteiger partial charge is 0.249 e. The van der Waals surface area contributed by atoms with Crippen LogP contribution in [0.3, 0.4) is 0 Å². The van der Waals surface area contributed by atoms with Crippen LogP contribution in [0, 0.1) is 6.92 Å². The molecule has 27 heavy (non-hydrogen) atoms. The zero-order chi connectivity index (χ0) is 19.6. The minimum absolute atomic E-state index is 0.151. The Morgan fingerprint density at radius 3 is 2.48 bits per heavy atom. The van der Waals surface area contributed by atoms with Crippen molar-refractivity contribution in [2.75, 3.05) is 19.6 Å². The van der Waals surface area contributed by atoms with Crippen molar-refractivity contribution < 1.29 is 17.7 Å². The number of benzene rings is 1. The molecule has 1 aliphatic heterocycles. The number of carbonyl (C=O) groups is 1. The molecule has 0 aliphatic carbocycles. The number of amides is 1. The fraction of sp³-hybridized carbons (Fsp3) is 0.500. The first-order valence-electron chi connectivity index (χ1n) is 8.99. The molecule has 0 spiro atoms. The molecule has 1 atom stereocenters. The first-order chi connectivity index (χ1) is 12.8. The Morgan fingerprint density at radius 1 is 1.22 bits per heavy atom. The Labute approximate surface area is 159 Å². The maximum absolute atomic E-state index is 13.0. The summed E-state index contributed by atoms with van der Waals surface area (Å²) in [5, 5.41) is 3.79. The highest BCUT2D eigenvalue weighted by atomic mass is 32.2. The Kier molecular flexibility index (Phi) is 5.61. The molecule has 2 aromatic rings. The van der Waals surface area contributed by atoms with E-state index >= 15 is 0 Å². The van der Waals surface area contributed by atoms with Gasteiger partial charge in [0.15, 0.2) is 5.82 Å². The minimum atomic E-state index is -3.63. The van der Waals surface area contributed by atoms with Crippen molar-refractivity contribution >= 4 is 15.9 Å². The quantitative estimate of drug-likeness (QED) is 0.789. The molecule has 0 bridgehead atoms. The number of sulfonamides is 1. The summed E-state index contributed by atoms with van der Waals surface area (Å²) in [4.78, 5) is 18.2. The fourth-order valence-corrected chi connectivity index (χ4v) is 4.72. The highest BCUT2D eigenvalue weighted by Crippen LogP contribution is 2.28. The normalized spacial score (nSPS) is 19.1. The van der Waals surface area contributed by atoms with E-state index in [0.29, 0.717) is 18.1 Å². The van der Waals surface area contributed by atoms with E-state index in [2.05, 4.69) is 10.1 Å². The lowest BCUT2D eigenvalue weighted by atomic mass is 10.2. The monoisotopic (exact) mass is 392 g/mol. The number of aryl methyl sites for hydroxylation is 2. The standard InChI is InChI=1S/C18H24N4O4S/c1-4-15-5-7-16(8-6-15)27(24,25)21-10-9-17(18-19-13(2)20-26-18)22(12-11-21)14(3)23/h5-8,17H,4,9-12H2,1-3H3. The Bertz CT molecular complexity index is 908. The lowest BCUT2D eigenvalue weighted by molar-refractivity contribution is -0.131. The van der Waals surface area contributed by atoms with Crippen LogP contribution in [-0.4, -0.2) is 53.3 Å². The molecule has 1 amide bonds. The average molecular weight is 392 g/mol. The van der Waals surface area contributed by atoms with Crippen LogP contribution in [0.2, 0.25) is 0 Å². The summed E-state index contributed by atoms with van der Waals surface area (Å²) in [6.45, 7) is 5.96. The third-order valence-corrected chi connectivity index (χ3v) is 6.73. The molecule has 3 rings (SSSR count). The van der Waals surface area contributed by atoms with Gasteiger partial charge in [-0.2, -0.15) is 9.29 Å². The molecule has 1 aromatic carbocycles. The molecule has 146 valence electrons. The third kappa shape index (κ3) is 4.03. The van der Waals surface area contributed by atoms with Gasteiger partial charge in [-0.3, -0.25) is 4.79 Å². The van der Waals surface area contributed by atoms with E-state index in [0.717, 1.165) is 12.0 Å². The van der Waals surface area contributed by atoms with Crippen molar-refractivity contribution in [1.82, 2.24) is 19.3 Å². The van der Waals surface area contributed by atoms with Crippen molar-refractivity contribution in [3.63, 3.8) is 0 Å². The molecule has 8 nitrogen and oxygen atoms in total. The average Bonchev–Trinajstić information content (AvgIpc) is 2.94. The number of hydrogen-bond acceptors (Lipinski definition) is 6. The van der Waals surface area contributed by atoms with Crippen LogP contribution >= 0.6 is 0 Å². The number of nitrogens with zero attached hydrogens (tertiary/aromatic N) is 4. The van der Waals surface area contributed by atoms with Gasteiger partial charge < -0.3 is 9.42 Å². The SMILES string of the molecule is CCc1ccc(S(=O)(=O)N2CCC(c3nc(C)no3)N(C(C)=O)CC2)cc1. The number of rotatable bonds is 4. The van der Waals surface area contributed by atoms with E-state index in [1.54, 1.807) is 24.0 Å².